The highest BCUT2D eigenvalue weighted by molar-refractivity contribution is 6.03. The number of anilines is 2. The largest absolute Gasteiger partial charge is 0.465 e. The second-order valence-electron chi connectivity index (χ2n) is 7.36. The zero-order chi connectivity index (χ0) is 22.1. The van der Waals surface area contributed by atoms with E-state index >= 15 is 0 Å². The number of carboxylic acid groups (broad SMARTS) is 1. The summed E-state index contributed by atoms with van der Waals surface area (Å²) in [5.41, 5.74) is 0.646. The molecule has 1 aromatic carbocycles. The van der Waals surface area contributed by atoms with E-state index in [1.54, 1.807) is 6.92 Å². The molecule has 2 amide bonds. The molecule has 0 atom stereocenters. The molecule has 11 heteroatoms. The molecule has 1 saturated heterocycles. The lowest BCUT2D eigenvalue weighted by Crippen LogP contribution is -2.45. The molecule has 3 aromatic rings. The first-order chi connectivity index (χ1) is 14.8. The fourth-order valence-electron chi connectivity index (χ4n) is 3.62. The molecule has 0 aliphatic carbocycles. The molecule has 4 rings (SSSR count). The maximum Gasteiger partial charge on any atom is 0.407 e. The number of fused-ring (bicyclic) bond motifs is 1. The molecule has 0 spiro atoms. The summed E-state index contributed by atoms with van der Waals surface area (Å²) in [6, 6.07) is 2.79. The van der Waals surface area contributed by atoms with Crippen LogP contribution in [-0.4, -0.2) is 63.1 Å². The van der Waals surface area contributed by atoms with Crippen molar-refractivity contribution in [2.45, 2.75) is 25.8 Å². The van der Waals surface area contributed by atoms with Crippen LogP contribution >= 0.6 is 0 Å². The van der Waals surface area contributed by atoms with Gasteiger partial charge in [0.15, 0.2) is 17.3 Å². The molecule has 10 nitrogen and oxygen atoms in total. The van der Waals surface area contributed by atoms with E-state index in [4.69, 9.17) is 9.52 Å². The van der Waals surface area contributed by atoms with Gasteiger partial charge in [-0.05, 0) is 18.9 Å². The number of halogens is 1. The average Bonchev–Trinajstić information content (AvgIpc) is 3.14. The van der Waals surface area contributed by atoms with E-state index in [9.17, 15) is 14.0 Å². The Morgan fingerprint density at radius 3 is 2.65 bits per heavy atom. The Morgan fingerprint density at radius 2 is 2.00 bits per heavy atom. The van der Waals surface area contributed by atoms with Crippen LogP contribution in [0, 0.1) is 12.7 Å². The minimum atomic E-state index is -0.909. The van der Waals surface area contributed by atoms with Crippen molar-refractivity contribution in [3.8, 4) is 0 Å². The van der Waals surface area contributed by atoms with E-state index in [1.807, 2.05) is 11.9 Å². The Bertz CT molecular complexity index is 1120. The van der Waals surface area contributed by atoms with Crippen LogP contribution in [0.15, 0.2) is 28.9 Å². The van der Waals surface area contributed by atoms with Gasteiger partial charge in [-0.1, -0.05) is 0 Å². The first kappa shape index (κ1) is 20.5. The number of hydrogen-bond donors (Lipinski definition) is 2. The Balaban J connectivity index is 1.42. The minimum Gasteiger partial charge on any atom is -0.465 e. The molecule has 0 bridgehead atoms. The summed E-state index contributed by atoms with van der Waals surface area (Å²) in [6.45, 7) is 2.54. The second kappa shape index (κ2) is 8.17. The maximum atomic E-state index is 14.2. The molecule has 0 radical (unpaired) electrons. The lowest BCUT2D eigenvalue weighted by atomic mass is 10.0. The van der Waals surface area contributed by atoms with Crippen LogP contribution in [0.5, 0.6) is 0 Å². The number of benzene rings is 1. The highest BCUT2D eigenvalue weighted by Gasteiger charge is 2.26. The van der Waals surface area contributed by atoms with Gasteiger partial charge >= 0.3 is 6.09 Å². The number of aromatic nitrogens is 3. The third kappa shape index (κ3) is 4.25. The number of piperidine rings is 1. The SMILES string of the molecule is Cc1nc2c(F)cc(NC(=O)c3cnc(N(C)C4CCN(C(=O)O)CC4)cn3)cc2o1. The van der Waals surface area contributed by atoms with E-state index < -0.39 is 17.8 Å². The molecule has 31 heavy (non-hydrogen) atoms. The van der Waals surface area contributed by atoms with Crippen molar-refractivity contribution < 1.29 is 23.5 Å². The van der Waals surface area contributed by atoms with Gasteiger partial charge in [-0.2, -0.15) is 0 Å². The number of aryl methyl sites for hydroxylation is 1. The fourth-order valence-corrected chi connectivity index (χ4v) is 3.62. The summed E-state index contributed by atoms with van der Waals surface area (Å²) in [5, 5.41) is 11.6. The van der Waals surface area contributed by atoms with Crippen molar-refractivity contribution in [1.82, 2.24) is 19.9 Å². The van der Waals surface area contributed by atoms with Crippen molar-refractivity contribution in [3.63, 3.8) is 0 Å². The Kier molecular flexibility index (Phi) is 5.40. The van der Waals surface area contributed by atoms with E-state index in [2.05, 4.69) is 20.3 Å². The Hall–Kier alpha value is -3.76. The van der Waals surface area contributed by atoms with Crippen LogP contribution in [-0.2, 0) is 0 Å². The van der Waals surface area contributed by atoms with Crippen molar-refractivity contribution in [3.05, 3.63) is 41.9 Å². The van der Waals surface area contributed by atoms with E-state index in [0.717, 1.165) is 0 Å². The van der Waals surface area contributed by atoms with Crippen LogP contribution in [0.1, 0.15) is 29.2 Å². The molecule has 1 fully saturated rings. The maximum absolute atomic E-state index is 14.2. The van der Waals surface area contributed by atoms with Gasteiger partial charge in [0.2, 0.25) is 0 Å². The first-order valence-electron chi connectivity index (χ1n) is 9.72. The quantitative estimate of drug-likeness (QED) is 0.650. The summed E-state index contributed by atoms with van der Waals surface area (Å²) >= 11 is 0. The van der Waals surface area contributed by atoms with Crippen molar-refractivity contribution >= 4 is 34.6 Å². The number of nitrogens with zero attached hydrogens (tertiary/aromatic N) is 5. The summed E-state index contributed by atoms with van der Waals surface area (Å²) in [7, 11) is 1.86. The van der Waals surface area contributed by atoms with Crippen LogP contribution < -0.4 is 10.2 Å². The average molecular weight is 428 g/mol. The molecule has 2 N–H and O–H groups in total. The van der Waals surface area contributed by atoms with E-state index in [-0.39, 0.29) is 28.5 Å². The molecular weight excluding hydrogens is 407 g/mol. The van der Waals surface area contributed by atoms with Crippen LogP contribution in [0.25, 0.3) is 11.1 Å². The van der Waals surface area contributed by atoms with Crippen LogP contribution in [0.4, 0.5) is 20.7 Å². The predicted octanol–water partition coefficient (Wildman–Crippen LogP) is 2.90. The number of carbonyl (C=O) groups excluding carboxylic acids is 1. The lowest BCUT2D eigenvalue weighted by molar-refractivity contribution is 0.102. The molecule has 1 aliphatic rings. The number of oxazole rings is 1. The number of carbonyl (C=O) groups is 2. The zero-order valence-electron chi connectivity index (χ0n) is 17.0. The topological polar surface area (TPSA) is 125 Å². The van der Waals surface area contributed by atoms with Gasteiger partial charge in [-0.3, -0.25) is 4.79 Å². The predicted molar refractivity (Wildman–Crippen MR) is 110 cm³/mol. The highest BCUT2D eigenvalue weighted by Crippen LogP contribution is 2.24. The molecule has 3 heterocycles. The van der Waals surface area contributed by atoms with Crippen LogP contribution in [0.3, 0.4) is 0 Å². The van der Waals surface area contributed by atoms with Gasteiger partial charge in [0, 0.05) is 44.9 Å². The molecule has 0 unspecified atom stereocenters. The van der Waals surface area contributed by atoms with Gasteiger partial charge in [0.25, 0.3) is 5.91 Å². The Labute approximate surface area is 176 Å². The van der Waals surface area contributed by atoms with Gasteiger partial charge in [-0.25, -0.2) is 24.1 Å². The highest BCUT2D eigenvalue weighted by atomic mass is 19.1. The van der Waals surface area contributed by atoms with Gasteiger partial charge < -0.3 is 24.6 Å². The Morgan fingerprint density at radius 1 is 1.26 bits per heavy atom. The van der Waals surface area contributed by atoms with Crippen molar-refractivity contribution in [2.24, 2.45) is 0 Å². The lowest BCUT2D eigenvalue weighted by Gasteiger charge is -2.35. The molecule has 0 saturated carbocycles. The fraction of sp³-hybridized carbons (Fsp3) is 0.350. The number of amides is 2. The zero-order valence-corrected chi connectivity index (χ0v) is 17.0. The summed E-state index contributed by atoms with van der Waals surface area (Å²) in [4.78, 5) is 39.3. The number of rotatable bonds is 4. The van der Waals surface area contributed by atoms with E-state index in [0.29, 0.717) is 37.6 Å². The first-order valence-corrected chi connectivity index (χ1v) is 9.72. The summed E-state index contributed by atoms with van der Waals surface area (Å²) < 4.78 is 19.5. The standard InChI is InChI=1S/C20H21FN6O4/c1-11-24-18-14(21)7-12(8-16(18)31-11)25-19(28)15-9-23-17(10-22-15)26(2)13-3-5-27(6-4-13)20(29)30/h7-10,13H,3-6H2,1-2H3,(H,25,28)(H,29,30). The molecular formula is C20H21FN6O4. The van der Waals surface area contributed by atoms with Gasteiger partial charge in [0.05, 0.1) is 12.4 Å². The summed E-state index contributed by atoms with van der Waals surface area (Å²) in [5.74, 6) is -0.223. The third-order valence-corrected chi connectivity index (χ3v) is 5.33. The number of nitrogens with one attached hydrogen (secondary N) is 1. The molecule has 2 aromatic heterocycles. The smallest absolute Gasteiger partial charge is 0.407 e. The van der Waals surface area contributed by atoms with Gasteiger partial charge in [0.1, 0.15) is 17.0 Å². The normalized spacial score (nSPS) is 14.6. The van der Waals surface area contributed by atoms with Crippen LogP contribution in [0.2, 0.25) is 0 Å². The van der Waals surface area contributed by atoms with E-state index in [1.165, 1.54) is 29.4 Å². The monoisotopic (exact) mass is 428 g/mol. The van der Waals surface area contributed by atoms with Gasteiger partial charge in [-0.15, -0.1) is 0 Å². The van der Waals surface area contributed by atoms with Crippen molar-refractivity contribution in [2.75, 3.05) is 30.4 Å². The molecule has 162 valence electrons. The second-order valence-corrected chi connectivity index (χ2v) is 7.36. The number of hydrogen-bond acceptors (Lipinski definition) is 7. The van der Waals surface area contributed by atoms with Crippen molar-refractivity contribution in [1.29, 1.82) is 0 Å². The molecule has 1 aliphatic heterocycles. The summed E-state index contributed by atoms with van der Waals surface area (Å²) in [6.07, 6.45) is 3.29. The minimum absolute atomic E-state index is 0.0760. The third-order valence-electron chi connectivity index (χ3n) is 5.33. The number of likely N-dealkylation sites (tertiary alicyclic amines) is 1.